The van der Waals surface area contributed by atoms with Crippen LogP contribution >= 0.6 is 11.6 Å². The van der Waals surface area contributed by atoms with E-state index in [0.717, 1.165) is 6.07 Å². The highest BCUT2D eigenvalue weighted by Crippen LogP contribution is 2.21. The largest absolute Gasteiger partial charge is 0.504 e. The van der Waals surface area contributed by atoms with Crippen molar-refractivity contribution >= 4 is 16.8 Å². The molecule has 2 nitrogen and oxygen atoms in total. The number of phenols is 1. The molecule has 1 aromatic carbocycles. The Morgan fingerprint density at radius 2 is 2.18 bits per heavy atom. The first-order chi connectivity index (χ1) is 5.13. The van der Waals surface area contributed by atoms with Crippen molar-refractivity contribution < 1.29 is 9.50 Å². The van der Waals surface area contributed by atoms with E-state index >= 15 is 0 Å². The summed E-state index contributed by atoms with van der Waals surface area (Å²) in [5, 5.41) is 15.5. The van der Waals surface area contributed by atoms with Gasteiger partial charge in [-0.15, -0.1) is 0 Å². The van der Waals surface area contributed by atoms with Crippen LogP contribution in [0.5, 0.6) is 5.75 Å². The quantitative estimate of drug-likeness (QED) is 0.628. The van der Waals surface area contributed by atoms with Gasteiger partial charge in [-0.05, 0) is 12.1 Å². The standard InChI is InChI=1S/C7H5ClFNO/c8-7(10)4-2-1-3-5(9)6(4)11/h1-3,10-11H. The number of benzene rings is 1. The molecule has 0 aliphatic heterocycles. The third-order valence-electron chi connectivity index (χ3n) is 1.22. The molecule has 0 saturated carbocycles. The van der Waals surface area contributed by atoms with E-state index in [9.17, 15) is 4.39 Å². The first kappa shape index (κ1) is 8.01. The summed E-state index contributed by atoms with van der Waals surface area (Å²) in [5.41, 5.74) is 0.00617. The lowest BCUT2D eigenvalue weighted by molar-refractivity contribution is 0.431. The van der Waals surface area contributed by atoms with E-state index < -0.39 is 11.6 Å². The van der Waals surface area contributed by atoms with Gasteiger partial charge in [-0.2, -0.15) is 0 Å². The highest BCUT2D eigenvalue weighted by atomic mass is 35.5. The summed E-state index contributed by atoms with van der Waals surface area (Å²) < 4.78 is 12.5. The fourth-order valence-corrected chi connectivity index (χ4v) is 0.845. The molecule has 0 atom stereocenters. The molecule has 1 aromatic rings. The Balaban J connectivity index is 3.27. The summed E-state index contributed by atoms with van der Waals surface area (Å²) >= 11 is 5.24. The summed E-state index contributed by atoms with van der Waals surface area (Å²) in [5.74, 6) is -1.35. The third kappa shape index (κ3) is 1.49. The normalized spacial score (nSPS) is 9.64. The Bertz CT molecular complexity index is 300. The minimum absolute atomic E-state index is 0.00617. The summed E-state index contributed by atoms with van der Waals surface area (Å²) in [6.07, 6.45) is 0. The number of nitrogens with one attached hydrogen (secondary N) is 1. The van der Waals surface area contributed by atoms with E-state index in [4.69, 9.17) is 22.1 Å². The van der Waals surface area contributed by atoms with Crippen molar-refractivity contribution in [2.45, 2.75) is 0 Å². The Hall–Kier alpha value is -1.09. The zero-order valence-electron chi connectivity index (χ0n) is 5.44. The van der Waals surface area contributed by atoms with Crippen LogP contribution < -0.4 is 0 Å². The predicted octanol–water partition coefficient (Wildman–Crippen LogP) is 2.10. The Morgan fingerprint density at radius 1 is 1.55 bits per heavy atom. The van der Waals surface area contributed by atoms with Gasteiger partial charge < -0.3 is 5.11 Å². The zero-order valence-corrected chi connectivity index (χ0v) is 6.19. The van der Waals surface area contributed by atoms with Gasteiger partial charge in [0.05, 0.1) is 5.56 Å². The zero-order chi connectivity index (χ0) is 8.43. The highest BCUT2D eigenvalue weighted by Gasteiger charge is 2.08. The highest BCUT2D eigenvalue weighted by molar-refractivity contribution is 6.69. The van der Waals surface area contributed by atoms with Crippen molar-refractivity contribution in [3.05, 3.63) is 29.6 Å². The molecule has 4 heteroatoms. The van der Waals surface area contributed by atoms with Crippen molar-refractivity contribution in [1.29, 1.82) is 5.41 Å². The predicted molar refractivity (Wildman–Crippen MR) is 40.7 cm³/mol. The maximum atomic E-state index is 12.5. The molecule has 0 heterocycles. The van der Waals surface area contributed by atoms with Gasteiger partial charge in [0.1, 0.15) is 5.17 Å². The molecule has 0 aromatic heterocycles. The molecule has 0 amide bonds. The number of hydrogen-bond acceptors (Lipinski definition) is 2. The summed E-state index contributed by atoms with van der Waals surface area (Å²) in [6, 6.07) is 3.84. The molecule has 0 fully saturated rings. The van der Waals surface area contributed by atoms with Crippen LogP contribution in [-0.4, -0.2) is 10.3 Å². The summed E-state index contributed by atoms with van der Waals surface area (Å²) in [6.45, 7) is 0. The molecule has 2 N–H and O–H groups in total. The molecule has 0 bridgehead atoms. The van der Waals surface area contributed by atoms with Crippen LogP contribution in [0.4, 0.5) is 4.39 Å². The van der Waals surface area contributed by atoms with Crippen molar-refractivity contribution in [3.8, 4) is 5.75 Å². The van der Waals surface area contributed by atoms with Crippen LogP contribution in [-0.2, 0) is 0 Å². The van der Waals surface area contributed by atoms with Crippen molar-refractivity contribution in [2.75, 3.05) is 0 Å². The minimum Gasteiger partial charge on any atom is -0.504 e. The Kier molecular flexibility index (Phi) is 2.10. The lowest BCUT2D eigenvalue weighted by atomic mass is 10.2. The number of hydrogen-bond donors (Lipinski definition) is 2. The Labute approximate surface area is 67.7 Å². The van der Waals surface area contributed by atoms with Crippen LogP contribution in [0.2, 0.25) is 0 Å². The number of aromatic hydroxyl groups is 1. The molecule has 11 heavy (non-hydrogen) atoms. The van der Waals surface area contributed by atoms with Gasteiger partial charge in [-0.25, -0.2) is 4.39 Å². The SMILES string of the molecule is N=C(Cl)c1cccc(F)c1O. The van der Waals surface area contributed by atoms with Crippen molar-refractivity contribution in [2.24, 2.45) is 0 Å². The van der Waals surface area contributed by atoms with Gasteiger partial charge >= 0.3 is 0 Å². The molecule has 1 rings (SSSR count). The molecule has 0 aliphatic carbocycles. The van der Waals surface area contributed by atoms with E-state index in [-0.39, 0.29) is 10.7 Å². The second kappa shape index (κ2) is 2.88. The first-order valence-electron chi connectivity index (χ1n) is 2.85. The molecule has 58 valence electrons. The maximum Gasteiger partial charge on any atom is 0.165 e. The average molecular weight is 174 g/mol. The number of rotatable bonds is 1. The first-order valence-corrected chi connectivity index (χ1v) is 3.22. The molecule has 0 saturated heterocycles. The fourth-order valence-electron chi connectivity index (χ4n) is 0.692. The molecule has 0 spiro atoms. The van der Waals surface area contributed by atoms with Crippen LogP contribution in [0.25, 0.3) is 0 Å². The lowest BCUT2D eigenvalue weighted by Crippen LogP contribution is -1.90. The molecule has 0 unspecified atom stereocenters. The fraction of sp³-hybridized carbons (Fsp3) is 0. The van der Waals surface area contributed by atoms with E-state index in [2.05, 4.69) is 0 Å². The third-order valence-corrected chi connectivity index (χ3v) is 1.43. The summed E-state index contributed by atoms with van der Waals surface area (Å²) in [7, 11) is 0. The molecular weight excluding hydrogens is 169 g/mol. The van der Waals surface area contributed by atoms with Gasteiger partial charge in [0, 0.05) is 0 Å². The van der Waals surface area contributed by atoms with E-state index in [0.29, 0.717) is 0 Å². The maximum absolute atomic E-state index is 12.5. The van der Waals surface area contributed by atoms with Crippen LogP contribution in [0.3, 0.4) is 0 Å². The number of halogens is 2. The number of para-hydroxylation sites is 1. The van der Waals surface area contributed by atoms with Gasteiger partial charge in [-0.1, -0.05) is 17.7 Å². The average Bonchev–Trinajstić information content (AvgIpc) is 1.94. The Morgan fingerprint density at radius 3 is 2.64 bits per heavy atom. The number of phenolic OH excluding ortho intramolecular Hbond substituents is 1. The summed E-state index contributed by atoms with van der Waals surface area (Å²) in [4.78, 5) is 0. The molecule has 0 radical (unpaired) electrons. The van der Waals surface area contributed by atoms with Crippen LogP contribution in [0.15, 0.2) is 18.2 Å². The minimum atomic E-state index is -0.770. The van der Waals surface area contributed by atoms with Crippen LogP contribution in [0, 0.1) is 11.2 Å². The van der Waals surface area contributed by atoms with E-state index in [1.54, 1.807) is 0 Å². The van der Waals surface area contributed by atoms with E-state index in [1.807, 2.05) is 0 Å². The van der Waals surface area contributed by atoms with E-state index in [1.165, 1.54) is 12.1 Å². The smallest absolute Gasteiger partial charge is 0.165 e. The topological polar surface area (TPSA) is 44.1 Å². The second-order valence-corrected chi connectivity index (χ2v) is 2.33. The van der Waals surface area contributed by atoms with Crippen molar-refractivity contribution in [1.82, 2.24) is 0 Å². The lowest BCUT2D eigenvalue weighted by Gasteiger charge is -1.99. The van der Waals surface area contributed by atoms with Gasteiger partial charge in [0.15, 0.2) is 11.6 Å². The van der Waals surface area contributed by atoms with Gasteiger partial charge in [0.2, 0.25) is 0 Å². The van der Waals surface area contributed by atoms with Gasteiger partial charge in [0.25, 0.3) is 0 Å². The monoisotopic (exact) mass is 173 g/mol. The van der Waals surface area contributed by atoms with Gasteiger partial charge in [-0.3, -0.25) is 5.41 Å². The van der Waals surface area contributed by atoms with Crippen LogP contribution in [0.1, 0.15) is 5.56 Å². The second-order valence-electron chi connectivity index (χ2n) is 1.95. The molecule has 0 aliphatic rings. The molecular formula is C7H5ClFNO. The van der Waals surface area contributed by atoms with Crippen molar-refractivity contribution in [3.63, 3.8) is 0 Å².